The molecule has 0 aromatic rings. The summed E-state index contributed by atoms with van der Waals surface area (Å²) >= 11 is 0. The molecule has 105 heavy (non-hydrogen) atoms. The summed E-state index contributed by atoms with van der Waals surface area (Å²) in [6.45, 7) is 32.0. The Balaban J connectivity index is 0.000000141. The molecule has 0 N–H and O–H groups in total. The largest absolute Gasteiger partial charge is 0.462 e. The fraction of sp³-hybridized carbons (Fsp3) is 0.910. The molecule has 0 heterocycles. The molecule has 16 heteroatoms. The number of fused-ring (bicyclic) bond motifs is 8. The molecule has 0 saturated heterocycles. The molecule has 12 bridgehead atoms. The number of ether oxygens (including phenoxy) is 8. The van der Waals surface area contributed by atoms with E-state index in [0.29, 0.717) is 35.5 Å². The van der Waals surface area contributed by atoms with Crippen LogP contribution in [0, 0.1) is 116 Å². The van der Waals surface area contributed by atoms with Gasteiger partial charge in [0.1, 0.15) is 46.8 Å². The SMILES string of the molecule is CCC(C)(C)C(=O)OC1CC2CC(C(=O)OC3(C)CCCC3)C1C2.CCC(C)(C)C(=O)OC1CC2CC(C(=O)OC3(C)CCCCC3)C1C2.CCC(C)(C)C(=O)OC1CC2CC(C(=O)OC3(CC)C4CC5CC(C4)CC3C5)C1C2.CCC1(OC(=O)C2CC3CC(OC(=O)C(C)(C)CC)C2C3)CCCCC1. The third-order valence-electron chi connectivity index (χ3n) is 31.4. The van der Waals surface area contributed by atoms with Gasteiger partial charge in [0.15, 0.2) is 0 Å². The summed E-state index contributed by atoms with van der Waals surface area (Å²) in [5, 5.41) is 0. The third-order valence-corrected chi connectivity index (χ3v) is 31.4. The zero-order valence-corrected chi connectivity index (χ0v) is 68.2. The summed E-state index contributed by atoms with van der Waals surface area (Å²) in [5.41, 5.74) is -2.82. The van der Waals surface area contributed by atoms with E-state index in [4.69, 9.17) is 37.9 Å². The highest BCUT2D eigenvalue weighted by Crippen LogP contribution is 2.62. The molecule has 0 aliphatic heterocycles. The lowest BCUT2D eigenvalue weighted by atomic mass is 9.49. The maximum Gasteiger partial charge on any atom is 0.311 e. The number of esters is 8. The molecule has 15 rings (SSSR count). The summed E-state index contributed by atoms with van der Waals surface area (Å²) in [5.74, 6) is 4.61. The molecule has 594 valence electrons. The minimum Gasteiger partial charge on any atom is -0.462 e. The van der Waals surface area contributed by atoms with E-state index in [1.54, 1.807) is 0 Å². The average molecular weight is 1470 g/mol. The smallest absolute Gasteiger partial charge is 0.311 e. The standard InChI is InChI=1S/C26H40O4.C22H36O4.C21H34O4.C20H32O4/c1-5-25(3,4)24(28)29-22-14-17-12-20(22)21(13-17)23(27)30-26(6-2)18-8-15-7-16(10-18)11-19(26)9-15;1-5-21(3,4)20(24)25-18-14-15-12-16(18)17(13-15)19(23)26-22(6-2)10-8-7-9-11-22;1-5-20(2,3)19(23)24-17-13-14-11-15(17)16(12-14)18(22)25-21(4)9-7-6-8-10-21;1-5-19(2,3)18(22)23-16-12-13-10-14(16)15(11-13)17(21)24-20(4)8-6-7-9-20/h15-22H,5-14H2,1-4H3;15-18H,5-14H2,1-4H3;14-17H,5-13H2,1-4H3;13-16H,5-12H2,1-4H3. The fourth-order valence-electron chi connectivity index (χ4n) is 22.9. The maximum atomic E-state index is 13.5. The second kappa shape index (κ2) is 32.6. The van der Waals surface area contributed by atoms with E-state index in [1.807, 2.05) is 83.1 Å². The molecular weight excluding hydrogens is 1320 g/mol. The Labute approximate surface area is 632 Å². The molecule has 16 atom stereocenters. The quantitative estimate of drug-likeness (QED) is 0.0729. The first-order valence-electron chi connectivity index (χ1n) is 43.3. The van der Waals surface area contributed by atoms with E-state index >= 15 is 0 Å². The van der Waals surface area contributed by atoms with Gasteiger partial charge in [0.05, 0.1) is 45.3 Å². The van der Waals surface area contributed by atoms with Crippen LogP contribution in [0.15, 0.2) is 0 Å². The van der Waals surface area contributed by atoms with Crippen LogP contribution in [0.25, 0.3) is 0 Å². The topological polar surface area (TPSA) is 210 Å². The molecule has 15 aliphatic carbocycles. The molecule has 16 unspecified atom stereocenters. The van der Waals surface area contributed by atoms with Crippen LogP contribution in [0.1, 0.15) is 348 Å². The Morgan fingerprint density at radius 2 is 0.552 bits per heavy atom. The van der Waals surface area contributed by atoms with Gasteiger partial charge in [-0.2, -0.15) is 0 Å². The first-order valence-corrected chi connectivity index (χ1v) is 43.3. The summed E-state index contributed by atoms with van der Waals surface area (Å²) in [6, 6.07) is 0. The molecule has 15 fully saturated rings. The molecular formula is C89H142O16. The molecule has 0 spiro atoms. The van der Waals surface area contributed by atoms with Crippen LogP contribution in [0.5, 0.6) is 0 Å². The Bertz CT molecular complexity index is 3040. The zero-order chi connectivity index (χ0) is 76.0. The van der Waals surface area contributed by atoms with Crippen molar-refractivity contribution >= 4 is 47.8 Å². The Kier molecular flexibility index (Phi) is 25.4. The van der Waals surface area contributed by atoms with Gasteiger partial charge < -0.3 is 37.9 Å². The van der Waals surface area contributed by atoms with Crippen LogP contribution in [-0.2, 0) is 76.3 Å². The van der Waals surface area contributed by atoms with Crippen LogP contribution in [0.4, 0.5) is 0 Å². The van der Waals surface area contributed by atoms with Crippen LogP contribution in [0.3, 0.4) is 0 Å². The van der Waals surface area contributed by atoms with Gasteiger partial charge in [-0.3, -0.25) is 38.4 Å². The first-order chi connectivity index (χ1) is 49.5. The minimum absolute atomic E-state index is 0.0207. The van der Waals surface area contributed by atoms with E-state index in [1.165, 1.54) is 44.9 Å². The van der Waals surface area contributed by atoms with Gasteiger partial charge in [0, 0.05) is 23.7 Å². The van der Waals surface area contributed by atoms with Crippen molar-refractivity contribution in [2.24, 2.45) is 116 Å². The lowest BCUT2D eigenvalue weighted by Gasteiger charge is -2.60. The van der Waals surface area contributed by atoms with Gasteiger partial charge in [-0.25, -0.2) is 0 Å². The van der Waals surface area contributed by atoms with Crippen molar-refractivity contribution in [1.29, 1.82) is 0 Å². The van der Waals surface area contributed by atoms with Gasteiger partial charge in [0.2, 0.25) is 0 Å². The van der Waals surface area contributed by atoms with Crippen molar-refractivity contribution in [3.05, 3.63) is 0 Å². The molecule has 0 aromatic heterocycles. The van der Waals surface area contributed by atoms with Crippen LogP contribution in [-0.4, -0.2) is 94.6 Å². The average Bonchev–Trinajstić information content (AvgIpc) is 1.69. The predicted molar refractivity (Wildman–Crippen MR) is 402 cm³/mol. The van der Waals surface area contributed by atoms with Gasteiger partial charge in [-0.05, 0) is 341 Å². The zero-order valence-electron chi connectivity index (χ0n) is 68.2. The second-order valence-corrected chi connectivity index (χ2v) is 40.2. The van der Waals surface area contributed by atoms with E-state index < -0.39 is 21.7 Å². The van der Waals surface area contributed by atoms with E-state index in [0.717, 1.165) is 204 Å². The van der Waals surface area contributed by atoms with E-state index in [9.17, 15) is 38.4 Å². The van der Waals surface area contributed by atoms with Crippen LogP contribution in [0.2, 0.25) is 0 Å². The monoisotopic (exact) mass is 1470 g/mol. The summed E-state index contributed by atoms with van der Waals surface area (Å²) in [7, 11) is 0. The third kappa shape index (κ3) is 17.9. The Hall–Kier alpha value is -4.24. The number of carbonyl (C=O) groups is 8. The van der Waals surface area contributed by atoms with Gasteiger partial charge >= 0.3 is 47.8 Å². The molecule has 0 amide bonds. The van der Waals surface area contributed by atoms with Crippen molar-refractivity contribution in [1.82, 2.24) is 0 Å². The van der Waals surface area contributed by atoms with Crippen molar-refractivity contribution in [2.75, 3.05) is 0 Å². The highest BCUT2D eigenvalue weighted by atomic mass is 16.6. The fourth-order valence-corrected chi connectivity index (χ4v) is 22.9. The first kappa shape index (κ1) is 81.7. The summed E-state index contributed by atoms with van der Waals surface area (Å²) in [4.78, 5) is 102. The Morgan fingerprint density at radius 1 is 0.295 bits per heavy atom. The van der Waals surface area contributed by atoms with Crippen LogP contribution >= 0.6 is 0 Å². The lowest BCUT2D eigenvalue weighted by Crippen LogP contribution is -2.60. The molecule has 0 radical (unpaired) electrons. The predicted octanol–water partition coefficient (Wildman–Crippen LogP) is 19.5. The van der Waals surface area contributed by atoms with Gasteiger partial charge in [-0.15, -0.1) is 0 Å². The number of rotatable bonds is 22. The summed E-state index contributed by atoms with van der Waals surface area (Å²) < 4.78 is 48.1. The maximum absolute atomic E-state index is 13.5. The number of carbonyl (C=O) groups excluding carboxylic acids is 8. The van der Waals surface area contributed by atoms with Crippen molar-refractivity contribution in [2.45, 2.75) is 395 Å². The van der Waals surface area contributed by atoms with Gasteiger partial charge in [0.25, 0.3) is 0 Å². The van der Waals surface area contributed by atoms with Crippen LogP contribution < -0.4 is 0 Å². The molecule has 16 nitrogen and oxygen atoms in total. The molecule has 15 aliphatic rings. The minimum atomic E-state index is -0.454. The van der Waals surface area contributed by atoms with E-state index in [2.05, 4.69) is 27.7 Å². The lowest BCUT2D eigenvalue weighted by molar-refractivity contribution is -0.217. The highest BCUT2D eigenvalue weighted by molar-refractivity contribution is 5.80. The van der Waals surface area contributed by atoms with Gasteiger partial charge in [-0.1, -0.05) is 54.4 Å². The molecule has 0 aromatic carbocycles. The summed E-state index contributed by atoms with van der Waals surface area (Å²) in [6.07, 6.45) is 37.6. The van der Waals surface area contributed by atoms with Crippen molar-refractivity contribution in [3.63, 3.8) is 0 Å². The molecule has 15 saturated carbocycles. The van der Waals surface area contributed by atoms with E-state index in [-0.39, 0.29) is 142 Å². The second-order valence-electron chi connectivity index (χ2n) is 40.2. The number of hydrogen-bond donors (Lipinski definition) is 0. The highest BCUT2D eigenvalue weighted by Gasteiger charge is 2.62. The van der Waals surface area contributed by atoms with Crippen molar-refractivity contribution < 1.29 is 76.3 Å². The Morgan fingerprint density at radius 3 is 0.819 bits per heavy atom. The van der Waals surface area contributed by atoms with Crippen molar-refractivity contribution in [3.8, 4) is 0 Å². The number of hydrogen-bond acceptors (Lipinski definition) is 16. The normalized spacial score (nSPS) is 37.3.